The third kappa shape index (κ3) is 4.64. The normalized spacial score (nSPS) is 18.3. The van der Waals surface area contributed by atoms with Gasteiger partial charge in [-0.05, 0) is 36.6 Å². The summed E-state index contributed by atoms with van der Waals surface area (Å²) in [6.45, 7) is 0.716. The number of ether oxygens (including phenoxy) is 2. The minimum Gasteiger partial charge on any atom is -0.454 e. The van der Waals surface area contributed by atoms with Crippen LogP contribution in [0.3, 0.4) is 0 Å². The molecule has 2 aromatic carbocycles. The number of carbonyl (C=O) groups is 2. The molecule has 0 radical (unpaired) electrons. The van der Waals surface area contributed by atoms with Crippen LogP contribution in [0.2, 0.25) is 0 Å². The number of imidazole rings is 1. The summed E-state index contributed by atoms with van der Waals surface area (Å²) in [7, 11) is 3.64. The fourth-order valence-corrected chi connectivity index (χ4v) is 4.65. The summed E-state index contributed by atoms with van der Waals surface area (Å²) >= 11 is 0. The Bertz CT molecular complexity index is 1270. The van der Waals surface area contributed by atoms with E-state index in [1.54, 1.807) is 18.1 Å². The Hall–Kier alpha value is -4.07. The van der Waals surface area contributed by atoms with Gasteiger partial charge in [0.2, 0.25) is 24.6 Å². The zero-order chi connectivity index (χ0) is 24.4. The van der Waals surface area contributed by atoms with Crippen LogP contribution in [0.5, 0.6) is 11.5 Å². The maximum atomic E-state index is 13.3. The average Bonchev–Trinajstić information content (AvgIpc) is 3.50. The molecule has 1 N–H and O–H groups in total. The van der Waals surface area contributed by atoms with Gasteiger partial charge in [0.05, 0.1) is 23.7 Å². The SMILES string of the molecule is CN(Cc1ccccc1)C(=O)[C@H]1CC=CC[C@@H]1C(=O)Nc1ncc(-c2ccc3c(c2)OCO3)n1C. The first-order valence-corrected chi connectivity index (χ1v) is 11.7. The van der Waals surface area contributed by atoms with Crippen molar-refractivity contribution in [2.75, 3.05) is 19.2 Å². The Morgan fingerprint density at radius 1 is 1.06 bits per heavy atom. The summed E-state index contributed by atoms with van der Waals surface area (Å²) in [4.78, 5) is 32.7. The van der Waals surface area contributed by atoms with E-state index in [4.69, 9.17) is 9.47 Å². The molecule has 0 saturated heterocycles. The first-order valence-electron chi connectivity index (χ1n) is 11.7. The Morgan fingerprint density at radius 3 is 2.60 bits per heavy atom. The van der Waals surface area contributed by atoms with Gasteiger partial charge in [-0.15, -0.1) is 0 Å². The molecule has 1 aromatic heterocycles. The summed E-state index contributed by atoms with van der Waals surface area (Å²) < 4.78 is 12.7. The summed E-state index contributed by atoms with van der Waals surface area (Å²) in [5, 5.41) is 2.95. The van der Waals surface area contributed by atoms with E-state index in [2.05, 4.69) is 10.3 Å². The highest BCUT2D eigenvalue weighted by Crippen LogP contribution is 2.36. The van der Waals surface area contributed by atoms with Gasteiger partial charge in [0.1, 0.15) is 0 Å². The Balaban J connectivity index is 1.29. The Morgan fingerprint density at radius 2 is 1.80 bits per heavy atom. The summed E-state index contributed by atoms with van der Waals surface area (Å²) in [5.41, 5.74) is 2.79. The molecule has 0 spiro atoms. The van der Waals surface area contributed by atoms with Gasteiger partial charge >= 0.3 is 0 Å². The van der Waals surface area contributed by atoms with E-state index in [0.29, 0.717) is 36.8 Å². The van der Waals surface area contributed by atoms with Crippen molar-refractivity contribution < 1.29 is 19.1 Å². The summed E-state index contributed by atoms with van der Waals surface area (Å²) in [6, 6.07) is 15.5. The molecule has 5 rings (SSSR count). The van der Waals surface area contributed by atoms with Crippen molar-refractivity contribution in [3.63, 3.8) is 0 Å². The van der Waals surface area contributed by atoms with Gasteiger partial charge in [0.15, 0.2) is 11.5 Å². The molecular weight excluding hydrogens is 444 g/mol. The Labute approximate surface area is 204 Å². The molecule has 2 atom stereocenters. The molecule has 0 bridgehead atoms. The lowest BCUT2D eigenvalue weighted by Gasteiger charge is -2.30. The number of fused-ring (bicyclic) bond motifs is 1. The van der Waals surface area contributed by atoms with E-state index >= 15 is 0 Å². The zero-order valence-corrected chi connectivity index (χ0v) is 19.8. The van der Waals surface area contributed by atoms with Crippen LogP contribution >= 0.6 is 0 Å². The van der Waals surface area contributed by atoms with Gasteiger partial charge in [-0.25, -0.2) is 4.98 Å². The van der Waals surface area contributed by atoms with Crippen molar-refractivity contribution >= 4 is 17.8 Å². The maximum absolute atomic E-state index is 13.3. The molecule has 8 heteroatoms. The maximum Gasteiger partial charge on any atom is 0.231 e. The predicted molar refractivity (Wildman–Crippen MR) is 132 cm³/mol. The van der Waals surface area contributed by atoms with Gasteiger partial charge in [0, 0.05) is 26.2 Å². The number of rotatable bonds is 6. The number of aromatic nitrogens is 2. The first kappa shape index (κ1) is 22.7. The zero-order valence-electron chi connectivity index (χ0n) is 19.8. The number of anilines is 1. The number of nitrogens with zero attached hydrogens (tertiary/aromatic N) is 3. The quantitative estimate of drug-likeness (QED) is 0.548. The smallest absolute Gasteiger partial charge is 0.231 e. The topological polar surface area (TPSA) is 85.7 Å². The molecule has 35 heavy (non-hydrogen) atoms. The standard InChI is InChI=1S/C27H28N4O4/c1-30(16-18-8-4-3-5-9-18)26(33)21-11-7-6-10-20(21)25(32)29-27-28-15-22(31(27)2)19-12-13-23-24(14-19)35-17-34-23/h3-9,12-15,20-21H,10-11,16-17H2,1-2H3,(H,28,29,32)/t20-,21-/m0/s1. The third-order valence-corrected chi connectivity index (χ3v) is 6.62. The van der Waals surface area contributed by atoms with E-state index in [0.717, 1.165) is 16.8 Å². The molecule has 8 nitrogen and oxygen atoms in total. The van der Waals surface area contributed by atoms with Gasteiger partial charge in [-0.2, -0.15) is 0 Å². The minimum atomic E-state index is -0.462. The van der Waals surface area contributed by atoms with Crippen LogP contribution in [0.15, 0.2) is 66.9 Å². The lowest BCUT2D eigenvalue weighted by atomic mass is 9.81. The molecule has 2 amide bonds. The van der Waals surface area contributed by atoms with Crippen LogP contribution in [0.25, 0.3) is 11.3 Å². The molecule has 1 aliphatic heterocycles. The monoisotopic (exact) mass is 472 g/mol. The molecule has 2 heterocycles. The number of amides is 2. The molecule has 0 unspecified atom stereocenters. The van der Waals surface area contributed by atoms with E-state index < -0.39 is 11.8 Å². The number of carbonyl (C=O) groups excluding carboxylic acids is 2. The van der Waals surface area contributed by atoms with Gasteiger partial charge < -0.3 is 18.9 Å². The van der Waals surface area contributed by atoms with E-state index in [9.17, 15) is 9.59 Å². The second-order valence-electron chi connectivity index (χ2n) is 8.92. The van der Waals surface area contributed by atoms with Gasteiger partial charge in [0.25, 0.3) is 0 Å². The second kappa shape index (κ2) is 9.66. The summed E-state index contributed by atoms with van der Waals surface area (Å²) in [5.74, 6) is 0.720. The van der Waals surface area contributed by atoms with Crippen molar-refractivity contribution in [1.29, 1.82) is 0 Å². The molecule has 1 aliphatic carbocycles. The van der Waals surface area contributed by atoms with Crippen molar-refractivity contribution in [2.45, 2.75) is 19.4 Å². The van der Waals surface area contributed by atoms with Crippen LogP contribution in [-0.4, -0.2) is 40.1 Å². The first-order chi connectivity index (χ1) is 17.0. The van der Waals surface area contributed by atoms with Crippen molar-refractivity contribution in [2.24, 2.45) is 18.9 Å². The van der Waals surface area contributed by atoms with Crippen LogP contribution in [-0.2, 0) is 23.2 Å². The number of allylic oxidation sites excluding steroid dienone is 2. The van der Waals surface area contributed by atoms with Gasteiger partial charge in [-0.3, -0.25) is 14.9 Å². The number of nitrogens with one attached hydrogen (secondary N) is 1. The van der Waals surface area contributed by atoms with Gasteiger partial charge in [-0.1, -0.05) is 42.5 Å². The average molecular weight is 473 g/mol. The molecule has 2 aliphatic rings. The lowest BCUT2D eigenvalue weighted by Crippen LogP contribution is -2.41. The molecule has 0 saturated carbocycles. The fraction of sp³-hybridized carbons (Fsp3) is 0.296. The predicted octanol–water partition coefficient (Wildman–Crippen LogP) is 4.00. The fourth-order valence-electron chi connectivity index (χ4n) is 4.65. The van der Waals surface area contributed by atoms with Crippen molar-refractivity contribution in [3.8, 4) is 22.8 Å². The molecule has 180 valence electrons. The van der Waals surface area contributed by atoms with Crippen molar-refractivity contribution in [1.82, 2.24) is 14.5 Å². The second-order valence-corrected chi connectivity index (χ2v) is 8.92. The Kier molecular flexibility index (Phi) is 6.27. The largest absolute Gasteiger partial charge is 0.454 e. The lowest BCUT2D eigenvalue weighted by molar-refractivity contribution is -0.140. The third-order valence-electron chi connectivity index (χ3n) is 6.62. The highest BCUT2D eigenvalue weighted by Gasteiger charge is 2.36. The van der Waals surface area contributed by atoms with E-state index in [1.807, 2.05) is 72.3 Å². The highest BCUT2D eigenvalue weighted by atomic mass is 16.7. The number of hydrogen-bond donors (Lipinski definition) is 1. The number of hydrogen-bond acceptors (Lipinski definition) is 5. The molecular formula is C27H28N4O4. The van der Waals surface area contributed by atoms with Crippen LogP contribution in [0, 0.1) is 11.8 Å². The molecule has 3 aromatic rings. The highest BCUT2D eigenvalue weighted by molar-refractivity contribution is 5.95. The van der Waals surface area contributed by atoms with Crippen LogP contribution in [0.1, 0.15) is 18.4 Å². The van der Waals surface area contributed by atoms with E-state index in [-0.39, 0.29) is 18.6 Å². The summed E-state index contributed by atoms with van der Waals surface area (Å²) in [6.07, 6.45) is 6.73. The van der Waals surface area contributed by atoms with E-state index in [1.165, 1.54) is 0 Å². The van der Waals surface area contributed by atoms with Crippen LogP contribution in [0.4, 0.5) is 5.95 Å². The van der Waals surface area contributed by atoms with Crippen molar-refractivity contribution in [3.05, 3.63) is 72.4 Å². The minimum absolute atomic E-state index is 0.0285. The number of benzene rings is 2. The molecule has 0 fully saturated rings. The van der Waals surface area contributed by atoms with Crippen LogP contribution < -0.4 is 14.8 Å².